The number of primary amides is 1. The highest BCUT2D eigenvalue weighted by Gasteiger charge is 2.20. The molecule has 0 aliphatic rings. The molecule has 3 N–H and O–H groups in total. The van der Waals surface area contributed by atoms with Crippen molar-refractivity contribution in [1.29, 1.82) is 0 Å². The van der Waals surface area contributed by atoms with Gasteiger partial charge in [0.05, 0.1) is 5.30 Å². The number of halogens is 2. The maximum absolute atomic E-state index is 12.5. The summed E-state index contributed by atoms with van der Waals surface area (Å²) in [6, 6.07) is 4.40. The van der Waals surface area contributed by atoms with Crippen molar-refractivity contribution in [3.05, 3.63) is 23.8 Å². The van der Waals surface area contributed by atoms with Crippen molar-refractivity contribution in [2.45, 2.75) is 32.4 Å². The van der Waals surface area contributed by atoms with Crippen LogP contribution in [0.3, 0.4) is 0 Å². The largest absolute Gasteiger partial charge is 0.434 e. The van der Waals surface area contributed by atoms with Gasteiger partial charge < -0.3 is 20.4 Å². The normalized spacial score (nSPS) is 11.4. The first-order valence-corrected chi connectivity index (χ1v) is 9.88. The number of hydrogen-bond acceptors (Lipinski definition) is 4. The summed E-state index contributed by atoms with van der Waals surface area (Å²) in [6.07, 6.45) is 0.603. The molecule has 0 saturated carbocycles. The van der Waals surface area contributed by atoms with Crippen LogP contribution in [0.25, 0.3) is 0 Å². The fourth-order valence-corrected chi connectivity index (χ4v) is 3.10. The number of carbonyl (C=O) groups excluding carboxylic acids is 2. The summed E-state index contributed by atoms with van der Waals surface area (Å²) in [4.78, 5) is 22.2. The van der Waals surface area contributed by atoms with E-state index in [1.165, 1.54) is 25.5 Å². The molecule has 1 aromatic rings. The van der Waals surface area contributed by atoms with E-state index in [-0.39, 0.29) is 36.3 Å². The number of hydrogen-bond donors (Lipinski definition) is 2. The summed E-state index contributed by atoms with van der Waals surface area (Å²) in [6.45, 7) is -0.0109. The van der Waals surface area contributed by atoms with E-state index >= 15 is 0 Å². The van der Waals surface area contributed by atoms with Crippen LogP contribution in [-0.2, 0) is 20.7 Å². The van der Waals surface area contributed by atoms with Gasteiger partial charge in [0.15, 0.2) is 0 Å². The van der Waals surface area contributed by atoms with Crippen LogP contribution in [0.15, 0.2) is 18.2 Å². The Labute approximate surface area is 139 Å². The Kier molecular flexibility index (Phi) is 7.35. The third-order valence-electron chi connectivity index (χ3n) is 3.14. The third kappa shape index (κ3) is 7.08. The molecule has 0 aromatic heterocycles. The molecule has 134 valence electrons. The molecule has 0 bridgehead atoms. The zero-order chi connectivity index (χ0) is 18.3. The minimum absolute atomic E-state index is 0.104. The molecule has 6 nitrogen and oxygen atoms in total. The fraction of sp³-hybridized carbons (Fsp3) is 0.467. The van der Waals surface area contributed by atoms with E-state index in [2.05, 4.69) is 10.1 Å². The van der Waals surface area contributed by atoms with Gasteiger partial charge in [0, 0.05) is 19.4 Å². The van der Waals surface area contributed by atoms with Gasteiger partial charge in [0.2, 0.25) is 11.8 Å². The second kappa shape index (κ2) is 8.78. The van der Waals surface area contributed by atoms with Crippen LogP contribution >= 0.6 is 7.14 Å². The lowest BCUT2D eigenvalue weighted by atomic mass is 10.2. The first kappa shape index (κ1) is 20.1. The molecule has 1 aromatic carbocycles. The number of carbonyl (C=O) groups is 2. The smallest absolute Gasteiger partial charge is 0.387 e. The van der Waals surface area contributed by atoms with Gasteiger partial charge in [-0.15, -0.1) is 0 Å². The lowest BCUT2D eigenvalue weighted by Crippen LogP contribution is -2.23. The van der Waals surface area contributed by atoms with Crippen molar-refractivity contribution in [1.82, 2.24) is 5.32 Å². The molecule has 0 aliphatic heterocycles. The van der Waals surface area contributed by atoms with Crippen LogP contribution < -0.4 is 21.1 Å². The Balaban J connectivity index is 2.74. The van der Waals surface area contributed by atoms with E-state index in [4.69, 9.17) is 5.73 Å². The van der Waals surface area contributed by atoms with Crippen molar-refractivity contribution in [3.8, 4) is 5.75 Å². The number of rotatable bonds is 9. The van der Waals surface area contributed by atoms with Gasteiger partial charge in [-0.25, -0.2) is 0 Å². The van der Waals surface area contributed by atoms with Gasteiger partial charge in [0.1, 0.15) is 12.9 Å². The maximum Gasteiger partial charge on any atom is 0.387 e. The highest BCUT2D eigenvalue weighted by molar-refractivity contribution is 7.70. The zero-order valence-corrected chi connectivity index (χ0v) is 14.4. The molecule has 1 rings (SSSR count). The number of ether oxygens (including phenoxy) is 1. The predicted octanol–water partition coefficient (Wildman–Crippen LogP) is 1.81. The van der Waals surface area contributed by atoms with Gasteiger partial charge in [-0.3, -0.25) is 9.59 Å². The van der Waals surface area contributed by atoms with Crippen molar-refractivity contribution in [2.75, 3.05) is 13.3 Å². The minimum atomic E-state index is -3.03. The highest BCUT2D eigenvalue weighted by Crippen LogP contribution is 2.39. The topological polar surface area (TPSA) is 98.5 Å². The van der Waals surface area contributed by atoms with Gasteiger partial charge in [-0.05, 0) is 37.4 Å². The van der Waals surface area contributed by atoms with Crippen LogP contribution in [-0.4, -0.2) is 31.8 Å². The predicted molar refractivity (Wildman–Crippen MR) is 87.1 cm³/mol. The number of amides is 2. The van der Waals surface area contributed by atoms with E-state index in [0.29, 0.717) is 12.0 Å². The van der Waals surface area contributed by atoms with Crippen LogP contribution in [0, 0.1) is 0 Å². The summed E-state index contributed by atoms with van der Waals surface area (Å²) in [5.41, 5.74) is 5.51. The fourth-order valence-electron chi connectivity index (χ4n) is 2.02. The van der Waals surface area contributed by atoms with Crippen molar-refractivity contribution in [2.24, 2.45) is 5.73 Å². The second-order valence-corrected chi connectivity index (χ2v) is 8.81. The summed E-state index contributed by atoms with van der Waals surface area (Å²) >= 11 is 0. The van der Waals surface area contributed by atoms with Crippen molar-refractivity contribution in [3.63, 3.8) is 0 Å². The first-order valence-electron chi connectivity index (χ1n) is 7.28. The van der Waals surface area contributed by atoms with E-state index in [1.54, 1.807) is 6.07 Å². The quantitative estimate of drug-likeness (QED) is 0.655. The van der Waals surface area contributed by atoms with E-state index < -0.39 is 19.7 Å². The van der Waals surface area contributed by atoms with E-state index in [9.17, 15) is 22.9 Å². The van der Waals surface area contributed by atoms with E-state index in [1.807, 2.05) is 0 Å². The molecule has 0 unspecified atom stereocenters. The van der Waals surface area contributed by atoms with Crippen molar-refractivity contribution < 1.29 is 27.7 Å². The lowest BCUT2D eigenvalue weighted by Gasteiger charge is -2.15. The van der Waals surface area contributed by atoms with Crippen LogP contribution in [0.1, 0.15) is 24.8 Å². The van der Waals surface area contributed by atoms with E-state index in [0.717, 1.165) is 0 Å². The Morgan fingerprint density at radius 3 is 2.50 bits per heavy atom. The maximum atomic E-state index is 12.5. The second-order valence-electron chi connectivity index (χ2n) is 5.63. The number of benzene rings is 1. The summed E-state index contributed by atoms with van der Waals surface area (Å²) in [5, 5.41) is 2.83. The Bertz CT molecular complexity index is 646. The van der Waals surface area contributed by atoms with Crippen molar-refractivity contribution >= 4 is 24.3 Å². The molecule has 0 spiro atoms. The highest BCUT2D eigenvalue weighted by atomic mass is 31.2. The Morgan fingerprint density at radius 2 is 1.96 bits per heavy atom. The zero-order valence-electron chi connectivity index (χ0n) is 13.6. The summed E-state index contributed by atoms with van der Waals surface area (Å²) in [5.74, 6) is -0.914. The number of alkyl halides is 2. The number of nitrogens with one attached hydrogen (secondary N) is 1. The Hall–Kier alpha value is -1.95. The molecule has 9 heteroatoms. The van der Waals surface area contributed by atoms with Crippen LogP contribution in [0.4, 0.5) is 8.78 Å². The van der Waals surface area contributed by atoms with Crippen LogP contribution in [0.2, 0.25) is 0 Å². The molecule has 0 heterocycles. The first-order chi connectivity index (χ1) is 11.1. The molecule has 0 fully saturated rings. The average molecular weight is 362 g/mol. The lowest BCUT2D eigenvalue weighted by molar-refractivity contribution is -0.121. The van der Waals surface area contributed by atoms with Gasteiger partial charge in [0.25, 0.3) is 0 Å². The summed E-state index contributed by atoms with van der Waals surface area (Å²) in [7, 11) is -2.78. The average Bonchev–Trinajstić information content (AvgIpc) is 2.43. The number of nitrogens with two attached hydrogens (primary N) is 1. The molecular weight excluding hydrogens is 341 g/mol. The van der Waals surface area contributed by atoms with Crippen LogP contribution in [0.5, 0.6) is 5.75 Å². The molecule has 0 aliphatic carbocycles. The van der Waals surface area contributed by atoms with Gasteiger partial charge in [-0.2, -0.15) is 8.78 Å². The molecule has 0 atom stereocenters. The molecule has 2 amide bonds. The van der Waals surface area contributed by atoms with Gasteiger partial charge in [-0.1, -0.05) is 6.07 Å². The third-order valence-corrected chi connectivity index (χ3v) is 4.67. The Morgan fingerprint density at radius 1 is 1.29 bits per heavy atom. The molecule has 0 saturated heterocycles. The summed E-state index contributed by atoms with van der Waals surface area (Å²) < 4.78 is 41.6. The standard InChI is InChI=1S/C15H21F2N2O4P/c1-24(2,22)12-7-6-10(8-11(12)23-15(16)17)9-19-14(21)5-3-4-13(18)20/h6-8,15H,3-5,9H2,1-2H3,(H2,18,20)(H,19,21). The molecule has 24 heavy (non-hydrogen) atoms. The minimum Gasteiger partial charge on any atom is -0.434 e. The van der Waals surface area contributed by atoms with Gasteiger partial charge >= 0.3 is 6.61 Å². The molecule has 0 radical (unpaired) electrons. The molecular formula is C15H21F2N2O4P. The monoisotopic (exact) mass is 362 g/mol. The SMILES string of the molecule is CP(C)(=O)c1ccc(CNC(=O)CCCC(N)=O)cc1OC(F)F.